The quantitative estimate of drug-likeness (QED) is 0.736. The average Bonchev–Trinajstić information content (AvgIpc) is 2.60. The van der Waals surface area contributed by atoms with Gasteiger partial charge < -0.3 is 24.8 Å². The third kappa shape index (κ3) is 6.65. The predicted molar refractivity (Wildman–Crippen MR) is 97.1 cm³/mol. The number of ether oxygens (including phenoxy) is 2. The molecule has 1 aromatic rings. The Morgan fingerprint density at radius 3 is 2.73 bits per heavy atom. The zero-order valence-electron chi connectivity index (χ0n) is 15.4. The normalized spacial score (nSPS) is 21.2. The first kappa shape index (κ1) is 20.2. The summed E-state index contributed by atoms with van der Waals surface area (Å²) < 4.78 is 10.9. The fourth-order valence-electron chi connectivity index (χ4n) is 3.18. The minimum atomic E-state index is -0.863. The lowest BCUT2D eigenvalue weighted by atomic mass is 10.0. The van der Waals surface area contributed by atoms with Crippen LogP contribution in [0.2, 0.25) is 0 Å². The second-order valence-corrected chi connectivity index (χ2v) is 6.70. The smallest absolute Gasteiger partial charge is 0.317 e. The van der Waals surface area contributed by atoms with E-state index >= 15 is 0 Å². The number of carbonyl (C=O) groups is 2. The number of amides is 2. The van der Waals surface area contributed by atoms with Gasteiger partial charge in [0.05, 0.1) is 25.4 Å². The standard InChI is InChI=1S/C19H28N2O5/c1-14-11-21(12-17(26-14)13-25-2)19(24)20-16(8-9-18(22)23)10-15-6-4-3-5-7-15/h3-7,14,16-17H,8-13H2,1-2H3,(H,20,24)(H,22,23). The molecule has 0 aliphatic carbocycles. The zero-order valence-corrected chi connectivity index (χ0v) is 15.4. The fraction of sp³-hybridized carbons (Fsp3) is 0.579. The van der Waals surface area contributed by atoms with Crippen LogP contribution in [0.15, 0.2) is 30.3 Å². The third-order valence-electron chi connectivity index (χ3n) is 4.33. The first-order chi connectivity index (χ1) is 12.5. The summed E-state index contributed by atoms with van der Waals surface area (Å²) in [5, 5.41) is 12.0. The van der Waals surface area contributed by atoms with Gasteiger partial charge in [-0.15, -0.1) is 0 Å². The van der Waals surface area contributed by atoms with Crippen LogP contribution in [0.25, 0.3) is 0 Å². The maximum absolute atomic E-state index is 12.7. The summed E-state index contributed by atoms with van der Waals surface area (Å²) in [6.07, 6.45) is 0.782. The number of methoxy groups -OCH3 is 1. The fourth-order valence-corrected chi connectivity index (χ4v) is 3.18. The highest BCUT2D eigenvalue weighted by Crippen LogP contribution is 2.13. The number of nitrogens with zero attached hydrogens (tertiary/aromatic N) is 1. The Kier molecular flexibility index (Phi) is 7.87. The number of rotatable bonds is 8. The van der Waals surface area contributed by atoms with E-state index in [0.717, 1.165) is 5.56 Å². The predicted octanol–water partition coefficient (Wildman–Crippen LogP) is 1.91. The molecule has 0 saturated carbocycles. The molecular weight excluding hydrogens is 336 g/mol. The Bertz CT molecular complexity index is 581. The van der Waals surface area contributed by atoms with Crippen molar-refractivity contribution in [1.82, 2.24) is 10.2 Å². The van der Waals surface area contributed by atoms with Crippen molar-refractivity contribution in [3.8, 4) is 0 Å². The largest absolute Gasteiger partial charge is 0.481 e. The van der Waals surface area contributed by atoms with Crippen molar-refractivity contribution in [2.45, 2.75) is 44.4 Å². The summed E-state index contributed by atoms with van der Waals surface area (Å²) in [5.74, 6) is -0.863. The zero-order chi connectivity index (χ0) is 18.9. The maximum Gasteiger partial charge on any atom is 0.317 e. The van der Waals surface area contributed by atoms with Crippen LogP contribution in [0.3, 0.4) is 0 Å². The highest BCUT2D eigenvalue weighted by atomic mass is 16.5. The summed E-state index contributed by atoms with van der Waals surface area (Å²) in [4.78, 5) is 25.4. The molecule has 2 rings (SSSR count). The van der Waals surface area contributed by atoms with Crippen LogP contribution in [0, 0.1) is 0 Å². The van der Waals surface area contributed by atoms with E-state index in [1.165, 1.54) is 0 Å². The number of benzene rings is 1. The van der Waals surface area contributed by atoms with Gasteiger partial charge in [0.25, 0.3) is 0 Å². The molecule has 0 aromatic heterocycles. The Morgan fingerprint density at radius 1 is 1.35 bits per heavy atom. The number of morpholine rings is 1. The topological polar surface area (TPSA) is 88.1 Å². The second-order valence-electron chi connectivity index (χ2n) is 6.70. The molecule has 2 N–H and O–H groups in total. The lowest BCUT2D eigenvalue weighted by Crippen LogP contribution is -2.55. The SMILES string of the molecule is COCC1CN(C(=O)NC(CCC(=O)O)Cc2ccccc2)CC(C)O1. The van der Waals surface area contributed by atoms with E-state index in [9.17, 15) is 9.59 Å². The monoisotopic (exact) mass is 364 g/mol. The molecule has 1 fully saturated rings. The molecule has 3 unspecified atom stereocenters. The molecule has 1 aliphatic rings. The van der Waals surface area contributed by atoms with Gasteiger partial charge in [-0.3, -0.25) is 4.79 Å². The van der Waals surface area contributed by atoms with Crippen molar-refractivity contribution in [2.24, 2.45) is 0 Å². The van der Waals surface area contributed by atoms with Crippen LogP contribution in [0.5, 0.6) is 0 Å². The van der Waals surface area contributed by atoms with Crippen LogP contribution in [-0.2, 0) is 20.7 Å². The first-order valence-electron chi connectivity index (χ1n) is 8.93. The molecular formula is C19H28N2O5. The van der Waals surface area contributed by atoms with Gasteiger partial charge in [-0.2, -0.15) is 0 Å². The molecule has 144 valence electrons. The van der Waals surface area contributed by atoms with Crippen molar-refractivity contribution in [3.05, 3.63) is 35.9 Å². The molecule has 1 saturated heterocycles. The number of aliphatic carboxylic acids is 1. The Hall–Kier alpha value is -2.12. The Labute approximate surface area is 154 Å². The average molecular weight is 364 g/mol. The van der Waals surface area contributed by atoms with Gasteiger partial charge in [-0.25, -0.2) is 4.79 Å². The first-order valence-corrected chi connectivity index (χ1v) is 8.93. The summed E-state index contributed by atoms with van der Waals surface area (Å²) in [7, 11) is 1.61. The van der Waals surface area contributed by atoms with Crippen molar-refractivity contribution >= 4 is 12.0 Å². The molecule has 3 atom stereocenters. The minimum Gasteiger partial charge on any atom is -0.481 e. The number of hydrogen-bond donors (Lipinski definition) is 2. The number of carboxylic acid groups (broad SMARTS) is 1. The van der Waals surface area contributed by atoms with Crippen molar-refractivity contribution in [3.63, 3.8) is 0 Å². The number of urea groups is 1. The number of nitrogens with one attached hydrogen (secondary N) is 1. The van der Waals surface area contributed by atoms with E-state index in [2.05, 4.69) is 5.32 Å². The molecule has 1 aromatic carbocycles. The van der Waals surface area contributed by atoms with E-state index < -0.39 is 5.97 Å². The van der Waals surface area contributed by atoms with E-state index in [-0.39, 0.29) is 30.7 Å². The molecule has 0 radical (unpaired) electrons. The minimum absolute atomic E-state index is 0.0175. The van der Waals surface area contributed by atoms with Gasteiger partial charge >= 0.3 is 12.0 Å². The third-order valence-corrected chi connectivity index (χ3v) is 4.33. The van der Waals surface area contributed by atoms with Crippen LogP contribution in [0.1, 0.15) is 25.3 Å². The molecule has 0 bridgehead atoms. The van der Waals surface area contributed by atoms with Crippen LogP contribution < -0.4 is 5.32 Å². The van der Waals surface area contributed by atoms with Gasteiger partial charge in [-0.1, -0.05) is 30.3 Å². The second kappa shape index (κ2) is 10.1. The molecule has 26 heavy (non-hydrogen) atoms. The van der Waals surface area contributed by atoms with Gasteiger partial charge in [0.2, 0.25) is 0 Å². The molecule has 0 spiro atoms. The molecule has 1 aliphatic heterocycles. The summed E-state index contributed by atoms with van der Waals surface area (Å²) in [5.41, 5.74) is 1.07. The molecule has 7 nitrogen and oxygen atoms in total. The highest BCUT2D eigenvalue weighted by Gasteiger charge is 2.29. The number of carboxylic acids is 1. The van der Waals surface area contributed by atoms with E-state index in [0.29, 0.717) is 32.5 Å². The number of hydrogen-bond acceptors (Lipinski definition) is 4. The maximum atomic E-state index is 12.7. The number of carbonyl (C=O) groups excluding carboxylic acids is 1. The molecule has 1 heterocycles. The van der Waals surface area contributed by atoms with Crippen molar-refractivity contribution in [2.75, 3.05) is 26.8 Å². The lowest BCUT2D eigenvalue weighted by molar-refractivity contribution is -0.137. The summed E-state index contributed by atoms with van der Waals surface area (Å²) in [6.45, 7) is 3.32. The van der Waals surface area contributed by atoms with Gasteiger partial charge in [-0.05, 0) is 25.3 Å². The van der Waals surface area contributed by atoms with Crippen LogP contribution >= 0.6 is 0 Å². The van der Waals surface area contributed by atoms with Crippen LogP contribution in [0.4, 0.5) is 4.79 Å². The van der Waals surface area contributed by atoms with Crippen molar-refractivity contribution in [1.29, 1.82) is 0 Å². The van der Waals surface area contributed by atoms with Crippen molar-refractivity contribution < 1.29 is 24.2 Å². The molecule has 7 heteroatoms. The highest BCUT2D eigenvalue weighted by molar-refractivity contribution is 5.75. The summed E-state index contributed by atoms with van der Waals surface area (Å²) in [6, 6.07) is 9.33. The Morgan fingerprint density at radius 2 is 2.08 bits per heavy atom. The van der Waals surface area contributed by atoms with E-state index in [1.807, 2.05) is 37.3 Å². The van der Waals surface area contributed by atoms with Gasteiger partial charge in [0.15, 0.2) is 0 Å². The van der Waals surface area contributed by atoms with Gasteiger partial charge in [0, 0.05) is 26.1 Å². The summed E-state index contributed by atoms with van der Waals surface area (Å²) >= 11 is 0. The Balaban J connectivity index is 1.98. The van der Waals surface area contributed by atoms with Gasteiger partial charge in [0.1, 0.15) is 0 Å². The van der Waals surface area contributed by atoms with Crippen LogP contribution in [-0.4, -0.2) is 67.1 Å². The lowest BCUT2D eigenvalue weighted by Gasteiger charge is -2.37. The molecule has 2 amide bonds. The van der Waals surface area contributed by atoms with E-state index in [1.54, 1.807) is 12.0 Å². The van der Waals surface area contributed by atoms with E-state index in [4.69, 9.17) is 14.6 Å².